The maximum Gasteiger partial charge on any atom is 0.312 e. The van der Waals surface area contributed by atoms with E-state index in [9.17, 15) is 19.2 Å². The lowest BCUT2D eigenvalue weighted by molar-refractivity contribution is -0.142. The number of nitrogens with one attached hydrogen (secondary N) is 2. The zero-order valence-electron chi connectivity index (χ0n) is 34.1. The molecule has 0 spiro atoms. The number of rotatable bonds is 22. The second-order valence-electron chi connectivity index (χ2n) is 13.0. The lowest BCUT2D eigenvalue weighted by atomic mass is 10.0. The van der Waals surface area contributed by atoms with Crippen molar-refractivity contribution in [1.29, 1.82) is 0 Å². The molecule has 1 amide bonds. The predicted molar refractivity (Wildman–Crippen MR) is 227 cm³/mol. The molecule has 0 bridgehead atoms. The fourth-order valence-corrected chi connectivity index (χ4v) is 7.47. The van der Waals surface area contributed by atoms with E-state index in [1.807, 2.05) is 42.6 Å². The molecule has 18 nitrogen and oxygen atoms in total. The molecule has 21 heteroatoms. The first-order valence-corrected chi connectivity index (χ1v) is 21.7. The Morgan fingerprint density at radius 3 is 1.65 bits per heavy atom. The van der Waals surface area contributed by atoms with Gasteiger partial charge in [0.1, 0.15) is 35.9 Å². The molecule has 2 atom stereocenters. The maximum atomic E-state index is 12.0. The fourth-order valence-electron chi connectivity index (χ4n) is 4.84. The van der Waals surface area contributed by atoms with Crippen LogP contribution in [0.1, 0.15) is 75.3 Å². The number of hydrogen-bond acceptors (Lipinski definition) is 19. The number of ether oxygens (including phenoxy) is 2. The summed E-state index contributed by atoms with van der Waals surface area (Å²) in [5.41, 5.74) is 1.12. The van der Waals surface area contributed by atoms with Gasteiger partial charge in [0.25, 0.3) is 0 Å². The molecule has 5 aromatic heterocycles. The first kappa shape index (κ1) is 49.0. The van der Waals surface area contributed by atoms with E-state index in [0.29, 0.717) is 22.9 Å². The van der Waals surface area contributed by atoms with Gasteiger partial charge in [-0.2, -0.15) is 0 Å². The molecule has 5 aromatic rings. The highest BCUT2D eigenvalue weighted by Gasteiger charge is 2.21. The van der Waals surface area contributed by atoms with Crippen LogP contribution in [0.25, 0.3) is 0 Å². The third-order valence-corrected chi connectivity index (χ3v) is 11.2. The van der Waals surface area contributed by atoms with Crippen molar-refractivity contribution in [1.82, 2.24) is 45.9 Å². The normalized spacial score (nSPS) is 11.5. The topological polar surface area (TPSA) is 254 Å². The van der Waals surface area contributed by atoms with Crippen molar-refractivity contribution in [2.45, 2.75) is 90.5 Å². The van der Waals surface area contributed by atoms with Crippen LogP contribution in [-0.2, 0) is 73.6 Å². The van der Waals surface area contributed by atoms with Gasteiger partial charge in [-0.1, -0.05) is 12.1 Å². The molecule has 324 valence electrons. The number of aromatic nitrogens is 8. The number of pyridine rings is 2. The van der Waals surface area contributed by atoms with Crippen molar-refractivity contribution in [2.24, 2.45) is 5.92 Å². The Hall–Kier alpha value is -5.38. The molecular weight excluding hydrogens is 833 g/mol. The lowest BCUT2D eigenvalue weighted by Gasteiger charge is -2.17. The van der Waals surface area contributed by atoms with Gasteiger partial charge in [0.15, 0.2) is 0 Å². The number of hydrogen-bond donors (Lipinski definition) is 4. The number of carbonyl (C=O) groups excluding carboxylic acids is 3. The first-order chi connectivity index (χ1) is 29.0. The number of carboxylic acid groups (broad SMARTS) is 1. The molecule has 0 saturated heterocycles. The minimum Gasteiger partial charge on any atom is -0.481 e. The van der Waals surface area contributed by atoms with Gasteiger partial charge in [-0.05, 0) is 70.2 Å². The number of methoxy groups -OCH3 is 2. The first-order valence-electron chi connectivity index (χ1n) is 19.2. The summed E-state index contributed by atoms with van der Waals surface area (Å²) in [6.07, 6.45) is 11.1. The number of aliphatic hydroxyl groups is 1. The molecule has 0 saturated carbocycles. The van der Waals surface area contributed by atoms with Crippen molar-refractivity contribution in [2.75, 3.05) is 32.7 Å². The van der Waals surface area contributed by atoms with Gasteiger partial charge in [0.05, 0.1) is 39.4 Å². The van der Waals surface area contributed by atoms with E-state index in [1.165, 1.54) is 48.2 Å². The van der Waals surface area contributed by atoms with Crippen LogP contribution in [0.15, 0.2) is 48.8 Å². The third kappa shape index (κ3) is 20.1. The number of aryl methyl sites for hydroxylation is 4. The molecule has 0 fully saturated rings. The SMILES string of the molecule is CC(NC(=O)Cc1nnc(CCCNc2ccccn2)s1)C(C)C(=O)O.COC(=O)Cc1nnc(CCCCc2ccccn2)s1.COC(=O)Cc1nnc(CCCO)s1. The van der Waals surface area contributed by atoms with Crippen LogP contribution in [0.4, 0.5) is 5.82 Å². The van der Waals surface area contributed by atoms with Crippen molar-refractivity contribution in [3.8, 4) is 0 Å². The standard InChI is InChI=1S/C17H23N5O3S.C14H17N3O2S.C8H12N2O3S/c1-11(17(24)25)12(2)20-14(23)10-16-22-21-15(26-16)7-5-9-19-13-6-3-4-8-18-13;1-19-14(18)10-13-17-16-12(20-13)8-3-2-6-11-7-4-5-9-15-11;1-13-8(12)5-7-10-9-6(14-7)3-2-4-11/h3-4,6,8,11-12H,5,7,9-10H2,1-2H3,(H,18,19)(H,20,23)(H,24,25);4-5,7,9H,2-3,6,8,10H2,1H3;11H,2-5H2,1H3. The Morgan fingerprint density at radius 2 is 1.15 bits per heavy atom. The highest BCUT2D eigenvalue weighted by molar-refractivity contribution is 7.11. The van der Waals surface area contributed by atoms with Gasteiger partial charge in [0.2, 0.25) is 5.91 Å². The number of aliphatic hydroxyl groups excluding tert-OH is 1. The molecule has 0 aliphatic carbocycles. The Kier molecular flexibility index (Phi) is 23.0. The van der Waals surface area contributed by atoms with E-state index in [0.717, 1.165) is 76.6 Å². The minimum absolute atomic E-state index is 0.112. The minimum atomic E-state index is -0.935. The second-order valence-corrected chi connectivity index (χ2v) is 16.5. The van der Waals surface area contributed by atoms with Crippen molar-refractivity contribution < 1.29 is 38.9 Å². The number of aliphatic carboxylic acids is 1. The molecule has 2 unspecified atom stereocenters. The number of esters is 2. The number of carbonyl (C=O) groups is 4. The quantitative estimate of drug-likeness (QED) is 0.0563. The summed E-state index contributed by atoms with van der Waals surface area (Å²) in [5, 5.41) is 52.1. The van der Waals surface area contributed by atoms with Gasteiger partial charge in [0, 0.05) is 56.5 Å². The van der Waals surface area contributed by atoms with Crippen LogP contribution in [0.5, 0.6) is 0 Å². The number of nitrogens with zero attached hydrogens (tertiary/aromatic N) is 8. The Balaban J connectivity index is 0.000000252. The maximum absolute atomic E-state index is 12.0. The van der Waals surface area contributed by atoms with Crippen LogP contribution in [0.2, 0.25) is 0 Å². The van der Waals surface area contributed by atoms with Gasteiger partial charge in [-0.3, -0.25) is 24.2 Å². The Morgan fingerprint density at radius 1 is 0.650 bits per heavy atom. The predicted octanol–water partition coefficient (Wildman–Crippen LogP) is 4.14. The molecule has 0 aromatic carbocycles. The molecule has 0 aliphatic heterocycles. The molecular formula is C39H52N10O8S3. The highest BCUT2D eigenvalue weighted by Crippen LogP contribution is 2.16. The molecule has 60 heavy (non-hydrogen) atoms. The highest BCUT2D eigenvalue weighted by atomic mass is 32.1. The number of anilines is 1. The van der Waals surface area contributed by atoms with Crippen molar-refractivity contribution in [3.05, 3.63) is 84.5 Å². The smallest absolute Gasteiger partial charge is 0.312 e. The Labute approximate surface area is 360 Å². The van der Waals surface area contributed by atoms with E-state index in [1.54, 1.807) is 20.0 Å². The molecule has 0 aliphatic rings. The van der Waals surface area contributed by atoms with Crippen LogP contribution >= 0.6 is 34.0 Å². The number of amides is 1. The zero-order valence-corrected chi connectivity index (χ0v) is 36.6. The molecule has 5 heterocycles. The summed E-state index contributed by atoms with van der Waals surface area (Å²) in [5.74, 6) is -1.57. The molecule has 0 radical (unpaired) electrons. The van der Waals surface area contributed by atoms with Crippen LogP contribution in [0.3, 0.4) is 0 Å². The number of carboxylic acids is 1. The second kappa shape index (κ2) is 28.2. The summed E-state index contributed by atoms with van der Waals surface area (Å²) in [6, 6.07) is 11.2. The summed E-state index contributed by atoms with van der Waals surface area (Å²) in [6.45, 7) is 4.16. The molecule has 4 N–H and O–H groups in total. The summed E-state index contributed by atoms with van der Waals surface area (Å²) in [4.78, 5) is 53.4. The van der Waals surface area contributed by atoms with Crippen LogP contribution in [-0.4, -0.2) is 108 Å². The van der Waals surface area contributed by atoms with Crippen molar-refractivity contribution in [3.63, 3.8) is 0 Å². The van der Waals surface area contributed by atoms with Gasteiger partial charge in [-0.15, -0.1) is 64.6 Å². The van der Waals surface area contributed by atoms with E-state index in [2.05, 4.69) is 60.7 Å². The lowest BCUT2D eigenvalue weighted by Crippen LogP contribution is -2.40. The van der Waals surface area contributed by atoms with Crippen molar-refractivity contribution >= 4 is 63.6 Å². The average Bonchev–Trinajstić information content (AvgIpc) is 4.03. The molecule has 5 rings (SSSR count). The van der Waals surface area contributed by atoms with E-state index in [-0.39, 0.29) is 43.7 Å². The zero-order chi connectivity index (χ0) is 43.5. The van der Waals surface area contributed by atoms with Gasteiger partial charge < -0.3 is 30.3 Å². The third-order valence-electron chi connectivity index (χ3n) is 8.30. The van der Waals surface area contributed by atoms with Gasteiger partial charge >= 0.3 is 17.9 Å². The van der Waals surface area contributed by atoms with Gasteiger partial charge in [-0.25, -0.2) is 4.98 Å². The van der Waals surface area contributed by atoms with Crippen LogP contribution < -0.4 is 10.6 Å². The summed E-state index contributed by atoms with van der Waals surface area (Å²) in [7, 11) is 2.72. The number of unbranched alkanes of at least 4 members (excludes halogenated alkanes) is 1. The Bertz CT molecular complexity index is 2000. The van der Waals surface area contributed by atoms with E-state index in [4.69, 9.17) is 10.2 Å². The summed E-state index contributed by atoms with van der Waals surface area (Å²) < 4.78 is 9.11. The summed E-state index contributed by atoms with van der Waals surface area (Å²) >= 11 is 4.27. The van der Waals surface area contributed by atoms with Crippen LogP contribution in [0, 0.1) is 5.92 Å². The fraction of sp³-hybridized carbons (Fsp3) is 0.487. The monoisotopic (exact) mass is 884 g/mol. The van der Waals surface area contributed by atoms with E-state index >= 15 is 0 Å². The largest absolute Gasteiger partial charge is 0.481 e. The van der Waals surface area contributed by atoms with E-state index < -0.39 is 17.9 Å². The average molecular weight is 885 g/mol.